The normalized spacial score (nSPS) is 27.1. The molecule has 2 rings (SSSR count). The lowest BCUT2D eigenvalue weighted by atomic mass is 9.79. The fraction of sp³-hybridized carbons (Fsp3) is 0.562. The lowest BCUT2D eigenvalue weighted by Crippen LogP contribution is -2.40. The highest BCUT2D eigenvalue weighted by molar-refractivity contribution is 7.80. The zero-order valence-electron chi connectivity index (χ0n) is 11.9. The molecule has 3 heteroatoms. The molecule has 2 nitrogen and oxygen atoms in total. The van der Waals surface area contributed by atoms with Crippen molar-refractivity contribution in [2.75, 3.05) is 0 Å². The molecule has 1 aliphatic rings. The van der Waals surface area contributed by atoms with Gasteiger partial charge in [0.1, 0.15) is 0 Å². The smallest absolute Gasteiger partial charge is 0.251 e. The van der Waals surface area contributed by atoms with Crippen molar-refractivity contribution in [2.24, 2.45) is 11.8 Å². The monoisotopic (exact) mass is 277 g/mol. The summed E-state index contributed by atoms with van der Waals surface area (Å²) in [5.74, 6) is 1.51. The topological polar surface area (TPSA) is 29.1 Å². The van der Waals surface area contributed by atoms with E-state index in [1.807, 2.05) is 25.1 Å². The predicted octanol–water partition coefficient (Wildman–Crippen LogP) is 3.84. The molecule has 0 bridgehead atoms. The number of carbonyl (C=O) groups is 1. The van der Waals surface area contributed by atoms with Crippen LogP contribution < -0.4 is 5.32 Å². The first kappa shape index (κ1) is 14.4. The van der Waals surface area contributed by atoms with Gasteiger partial charge in [0.2, 0.25) is 0 Å². The number of hydrogen-bond acceptors (Lipinski definition) is 2. The van der Waals surface area contributed by atoms with Gasteiger partial charge in [0.25, 0.3) is 5.91 Å². The highest BCUT2D eigenvalue weighted by atomic mass is 32.1. The van der Waals surface area contributed by atoms with Crippen LogP contribution in [-0.4, -0.2) is 11.9 Å². The van der Waals surface area contributed by atoms with Gasteiger partial charge in [-0.3, -0.25) is 4.79 Å². The van der Waals surface area contributed by atoms with E-state index in [2.05, 4.69) is 31.8 Å². The van der Waals surface area contributed by atoms with Crippen LogP contribution in [0, 0.1) is 18.8 Å². The van der Waals surface area contributed by atoms with Gasteiger partial charge in [-0.2, -0.15) is 0 Å². The first-order valence-electron chi connectivity index (χ1n) is 7.08. The molecule has 1 amide bonds. The summed E-state index contributed by atoms with van der Waals surface area (Å²) in [5.41, 5.74) is 1.76. The number of amides is 1. The standard InChI is InChI=1S/C16H23NOS/c1-10-4-6-13(8-12(10)3)17-16(18)15-9-14(19)7-5-11(15)2/h5,7,9-10,12-13,19H,4,6,8H2,1-3H3,(H,17,18). The van der Waals surface area contributed by atoms with Gasteiger partial charge in [-0.15, -0.1) is 12.6 Å². The van der Waals surface area contributed by atoms with E-state index < -0.39 is 0 Å². The molecule has 3 atom stereocenters. The molecule has 3 unspecified atom stereocenters. The van der Waals surface area contributed by atoms with Crippen LogP contribution in [0.15, 0.2) is 23.1 Å². The molecule has 1 aromatic rings. The van der Waals surface area contributed by atoms with E-state index >= 15 is 0 Å². The lowest BCUT2D eigenvalue weighted by Gasteiger charge is -2.32. The first-order chi connectivity index (χ1) is 8.97. The molecule has 1 aromatic carbocycles. The fourth-order valence-corrected chi connectivity index (χ4v) is 3.00. The van der Waals surface area contributed by atoms with Crippen LogP contribution in [0.1, 0.15) is 49.0 Å². The molecule has 0 aromatic heterocycles. The highest BCUT2D eigenvalue weighted by Gasteiger charge is 2.26. The molecule has 1 aliphatic carbocycles. The van der Waals surface area contributed by atoms with Crippen LogP contribution in [0.4, 0.5) is 0 Å². The van der Waals surface area contributed by atoms with E-state index in [0.717, 1.165) is 34.8 Å². The Hall–Kier alpha value is -0.960. The Labute approximate surface area is 121 Å². The van der Waals surface area contributed by atoms with Crippen molar-refractivity contribution in [3.8, 4) is 0 Å². The summed E-state index contributed by atoms with van der Waals surface area (Å²) in [6.07, 6.45) is 3.39. The minimum absolute atomic E-state index is 0.0418. The van der Waals surface area contributed by atoms with Crippen LogP contribution in [0.2, 0.25) is 0 Å². The van der Waals surface area contributed by atoms with Crippen molar-refractivity contribution in [3.05, 3.63) is 29.3 Å². The Balaban J connectivity index is 2.03. The fourth-order valence-electron chi connectivity index (χ4n) is 2.80. The molecule has 0 radical (unpaired) electrons. The van der Waals surface area contributed by atoms with Crippen molar-refractivity contribution < 1.29 is 4.79 Å². The Morgan fingerprint density at radius 1 is 1.26 bits per heavy atom. The molecule has 1 fully saturated rings. The van der Waals surface area contributed by atoms with Gasteiger partial charge in [0, 0.05) is 16.5 Å². The van der Waals surface area contributed by atoms with Crippen molar-refractivity contribution in [1.29, 1.82) is 0 Å². The predicted molar refractivity (Wildman–Crippen MR) is 81.9 cm³/mol. The maximum Gasteiger partial charge on any atom is 0.251 e. The third kappa shape index (κ3) is 3.53. The van der Waals surface area contributed by atoms with Gasteiger partial charge in [0.15, 0.2) is 0 Å². The molecule has 1 N–H and O–H groups in total. The molecule has 0 aliphatic heterocycles. The van der Waals surface area contributed by atoms with Gasteiger partial charge < -0.3 is 5.32 Å². The van der Waals surface area contributed by atoms with Gasteiger partial charge in [-0.05, 0) is 55.7 Å². The summed E-state index contributed by atoms with van der Waals surface area (Å²) in [4.78, 5) is 13.2. The van der Waals surface area contributed by atoms with Crippen molar-refractivity contribution in [1.82, 2.24) is 5.32 Å². The van der Waals surface area contributed by atoms with E-state index in [0.29, 0.717) is 12.0 Å². The van der Waals surface area contributed by atoms with Gasteiger partial charge >= 0.3 is 0 Å². The maximum atomic E-state index is 12.3. The summed E-state index contributed by atoms with van der Waals surface area (Å²) in [7, 11) is 0. The maximum absolute atomic E-state index is 12.3. The molecule has 104 valence electrons. The summed E-state index contributed by atoms with van der Waals surface area (Å²) in [6.45, 7) is 6.55. The number of rotatable bonds is 2. The Kier molecular flexibility index (Phi) is 4.56. The summed E-state index contributed by atoms with van der Waals surface area (Å²) >= 11 is 4.31. The minimum Gasteiger partial charge on any atom is -0.349 e. The van der Waals surface area contributed by atoms with Crippen LogP contribution in [-0.2, 0) is 0 Å². The zero-order valence-corrected chi connectivity index (χ0v) is 12.8. The summed E-state index contributed by atoms with van der Waals surface area (Å²) < 4.78 is 0. The minimum atomic E-state index is 0.0418. The molecule has 0 heterocycles. The first-order valence-corrected chi connectivity index (χ1v) is 7.52. The molecular formula is C16H23NOS. The Bertz CT molecular complexity index is 472. The second-order valence-electron chi connectivity index (χ2n) is 5.94. The van der Waals surface area contributed by atoms with Crippen LogP contribution in [0.5, 0.6) is 0 Å². The zero-order chi connectivity index (χ0) is 14.0. The quantitative estimate of drug-likeness (QED) is 0.790. The number of nitrogens with one attached hydrogen (secondary N) is 1. The molecule has 1 saturated carbocycles. The number of hydrogen-bond donors (Lipinski definition) is 2. The Morgan fingerprint density at radius 3 is 2.68 bits per heavy atom. The average Bonchev–Trinajstić information content (AvgIpc) is 2.36. The Morgan fingerprint density at radius 2 is 2.00 bits per heavy atom. The van der Waals surface area contributed by atoms with Crippen LogP contribution in [0.25, 0.3) is 0 Å². The SMILES string of the molecule is Cc1ccc(S)cc1C(=O)NC1CCC(C)C(C)C1. The van der Waals surface area contributed by atoms with E-state index in [9.17, 15) is 4.79 Å². The molecule has 0 saturated heterocycles. The number of aryl methyl sites for hydroxylation is 1. The van der Waals surface area contributed by atoms with E-state index in [1.54, 1.807) is 0 Å². The van der Waals surface area contributed by atoms with E-state index in [1.165, 1.54) is 6.42 Å². The van der Waals surface area contributed by atoms with Gasteiger partial charge in [-0.25, -0.2) is 0 Å². The summed E-state index contributed by atoms with van der Waals surface area (Å²) in [5, 5.41) is 3.18. The van der Waals surface area contributed by atoms with Crippen molar-refractivity contribution in [3.63, 3.8) is 0 Å². The average molecular weight is 277 g/mol. The van der Waals surface area contributed by atoms with Gasteiger partial charge in [0.05, 0.1) is 0 Å². The van der Waals surface area contributed by atoms with Crippen LogP contribution in [0.3, 0.4) is 0 Å². The molecule has 19 heavy (non-hydrogen) atoms. The lowest BCUT2D eigenvalue weighted by molar-refractivity contribution is 0.0910. The number of carbonyl (C=O) groups excluding carboxylic acids is 1. The molecule has 0 spiro atoms. The van der Waals surface area contributed by atoms with Crippen molar-refractivity contribution >= 4 is 18.5 Å². The highest BCUT2D eigenvalue weighted by Crippen LogP contribution is 2.29. The third-order valence-electron chi connectivity index (χ3n) is 4.40. The van der Waals surface area contributed by atoms with Gasteiger partial charge in [-0.1, -0.05) is 19.9 Å². The summed E-state index contributed by atoms with van der Waals surface area (Å²) in [6, 6.07) is 6.03. The van der Waals surface area contributed by atoms with E-state index in [4.69, 9.17) is 0 Å². The second kappa shape index (κ2) is 6.00. The van der Waals surface area contributed by atoms with E-state index in [-0.39, 0.29) is 5.91 Å². The van der Waals surface area contributed by atoms with Crippen LogP contribution >= 0.6 is 12.6 Å². The van der Waals surface area contributed by atoms with Crippen molar-refractivity contribution in [2.45, 2.75) is 51.0 Å². The molecular weight excluding hydrogens is 254 g/mol. The number of thiol groups is 1. The third-order valence-corrected chi connectivity index (χ3v) is 4.68. The largest absolute Gasteiger partial charge is 0.349 e. The number of benzene rings is 1. The second-order valence-corrected chi connectivity index (χ2v) is 6.45.